The van der Waals surface area contributed by atoms with Crippen LogP contribution in [0.4, 0.5) is 11.5 Å². The highest BCUT2D eigenvalue weighted by Gasteiger charge is 2.12. The zero-order valence-electron chi connectivity index (χ0n) is 16.4. The highest BCUT2D eigenvalue weighted by atomic mass is 35.5. The minimum atomic E-state index is 0.285. The number of nitrogens with one attached hydrogen (secondary N) is 2. The number of fused-ring (bicyclic) bond motifs is 1. The summed E-state index contributed by atoms with van der Waals surface area (Å²) in [7, 11) is 0. The number of anilines is 2. The Morgan fingerprint density at radius 3 is 3.03 bits per heavy atom. The Kier molecular flexibility index (Phi) is 6.00. The number of rotatable bonds is 5. The lowest BCUT2D eigenvalue weighted by atomic mass is 10.2. The maximum atomic E-state index is 6.42. The van der Waals surface area contributed by atoms with Gasteiger partial charge in [-0.15, -0.1) is 22.7 Å². The van der Waals surface area contributed by atoms with Gasteiger partial charge in [0.2, 0.25) is 0 Å². The van der Waals surface area contributed by atoms with Crippen LogP contribution < -0.4 is 15.4 Å². The summed E-state index contributed by atoms with van der Waals surface area (Å²) < 4.78 is 6.73. The first-order valence-corrected chi connectivity index (χ1v) is 11.9. The molecule has 0 radical (unpaired) electrons. The average Bonchev–Trinajstić information content (AvgIpc) is 3.53. The summed E-state index contributed by atoms with van der Waals surface area (Å²) in [4.78, 5) is 14.0. The van der Waals surface area contributed by atoms with Crippen LogP contribution in [0.3, 0.4) is 0 Å². The van der Waals surface area contributed by atoms with Gasteiger partial charge < -0.3 is 15.4 Å². The highest BCUT2D eigenvalue weighted by Crippen LogP contribution is 2.33. The molecule has 3 aromatic heterocycles. The SMILES string of the molecule is Clc1cc(Nc2ncnc3cc(C#C[C@H]4CCCN4)sc23)ccc1OCc1cscn1. The molecule has 0 amide bonds. The normalized spacial score (nSPS) is 15.6. The van der Waals surface area contributed by atoms with Crippen LogP contribution in [0.5, 0.6) is 5.75 Å². The molecule has 1 aliphatic rings. The zero-order chi connectivity index (χ0) is 21.0. The van der Waals surface area contributed by atoms with E-state index in [2.05, 4.69) is 37.4 Å². The Balaban J connectivity index is 1.33. The van der Waals surface area contributed by atoms with E-state index < -0.39 is 0 Å². The van der Waals surface area contributed by atoms with Crippen molar-refractivity contribution in [2.24, 2.45) is 0 Å². The minimum Gasteiger partial charge on any atom is -0.486 e. The predicted octanol–water partition coefficient (Wildman–Crippen LogP) is 5.23. The van der Waals surface area contributed by atoms with Crippen molar-refractivity contribution in [1.29, 1.82) is 0 Å². The van der Waals surface area contributed by atoms with Gasteiger partial charge in [-0.2, -0.15) is 0 Å². The third-order valence-electron chi connectivity index (χ3n) is 4.79. The second-order valence-electron chi connectivity index (χ2n) is 7.00. The molecule has 4 aromatic rings. The minimum absolute atomic E-state index is 0.285. The standard InChI is InChI=1S/C22H18ClN5OS2/c23-18-8-15(4-6-20(18)29-10-16-11-30-13-27-16)28-22-21-19(25-12-26-22)9-17(31-21)5-3-14-2-1-7-24-14/h4,6,8-9,11-14,24H,1-2,7,10H2,(H,25,26,28)/t14-/m1/s1. The van der Waals surface area contributed by atoms with Crippen LogP contribution in [-0.4, -0.2) is 27.5 Å². The summed E-state index contributed by atoms with van der Waals surface area (Å²) in [5.74, 6) is 7.93. The summed E-state index contributed by atoms with van der Waals surface area (Å²) in [6.45, 7) is 1.43. The van der Waals surface area contributed by atoms with E-state index in [4.69, 9.17) is 16.3 Å². The molecule has 4 heterocycles. The number of benzene rings is 1. The quantitative estimate of drug-likeness (QED) is 0.392. The van der Waals surface area contributed by atoms with Gasteiger partial charge in [0.1, 0.15) is 18.7 Å². The number of thiazole rings is 1. The molecule has 1 fully saturated rings. The first kappa shape index (κ1) is 20.2. The fourth-order valence-electron chi connectivity index (χ4n) is 3.26. The number of aromatic nitrogens is 3. The Hall–Kier alpha value is -2.70. The molecule has 1 aromatic carbocycles. The van der Waals surface area contributed by atoms with Crippen molar-refractivity contribution < 1.29 is 4.74 Å². The van der Waals surface area contributed by atoms with Crippen LogP contribution in [0.2, 0.25) is 5.02 Å². The Bertz CT molecular complexity index is 1260. The van der Waals surface area contributed by atoms with Crippen molar-refractivity contribution in [3.05, 3.63) is 57.1 Å². The lowest BCUT2D eigenvalue weighted by molar-refractivity contribution is 0.302. The molecule has 0 bridgehead atoms. The van der Waals surface area contributed by atoms with E-state index in [0.29, 0.717) is 17.4 Å². The van der Waals surface area contributed by atoms with E-state index in [0.717, 1.165) is 45.3 Å². The molecule has 1 aliphatic heterocycles. The van der Waals surface area contributed by atoms with Crippen LogP contribution in [-0.2, 0) is 6.61 Å². The van der Waals surface area contributed by atoms with E-state index in [9.17, 15) is 0 Å². The molecule has 156 valence electrons. The van der Waals surface area contributed by atoms with E-state index in [1.807, 2.05) is 29.6 Å². The first-order valence-electron chi connectivity index (χ1n) is 9.80. The molecule has 6 nitrogen and oxygen atoms in total. The zero-order valence-corrected chi connectivity index (χ0v) is 18.8. The molecule has 0 spiro atoms. The van der Waals surface area contributed by atoms with Crippen LogP contribution >= 0.6 is 34.3 Å². The van der Waals surface area contributed by atoms with Gasteiger partial charge in [-0.3, -0.25) is 0 Å². The average molecular weight is 468 g/mol. The molecular formula is C22H18ClN5OS2. The Labute approximate surface area is 192 Å². The lowest BCUT2D eigenvalue weighted by Gasteiger charge is -2.10. The molecule has 31 heavy (non-hydrogen) atoms. The number of thiophene rings is 1. The monoisotopic (exact) mass is 467 g/mol. The highest BCUT2D eigenvalue weighted by molar-refractivity contribution is 7.20. The van der Waals surface area contributed by atoms with E-state index in [-0.39, 0.29) is 6.04 Å². The van der Waals surface area contributed by atoms with Gasteiger partial charge in [0.25, 0.3) is 0 Å². The molecule has 9 heteroatoms. The molecule has 1 atom stereocenters. The number of ether oxygens (including phenoxy) is 1. The van der Waals surface area contributed by atoms with Gasteiger partial charge in [-0.25, -0.2) is 15.0 Å². The maximum absolute atomic E-state index is 6.42. The van der Waals surface area contributed by atoms with Crippen LogP contribution in [0.25, 0.3) is 10.2 Å². The number of nitrogens with zero attached hydrogens (tertiary/aromatic N) is 3. The largest absolute Gasteiger partial charge is 0.486 e. The summed E-state index contributed by atoms with van der Waals surface area (Å²) in [5.41, 5.74) is 4.36. The maximum Gasteiger partial charge on any atom is 0.151 e. The van der Waals surface area contributed by atoms with Gasteiger partial charge in [-0.1, -0.05) is 23.4 Å². The summed E-state index contributed by atoms with van der Waals surface area (Å²) in [6.07, 6.45) is 3.84. The van der Waals surface area contributed by atoms with Crippen molar-refractivity contribution in [3.63, 3.8) is 0 Å². The number of hydrogen-bond donors (Lipinski definition) is 2. The van der Waals surface area contributed by atoms with Crippen LogP contribution in [0.1, 0.15) is 23.4 Å². The number of hydrogen-bond acceptors (Lipinski definition) is 8. The molecule has 2 N–H and O–H groups in total. The molecular weight excluding hydrogens is 450 g/mol. The van der Waals surface area contributed by atoms with E-state index in [1.54, 1.807) is 23.2 Å². The Morgan fingerprint density at radius 2 is 2.23 bits per heavy atom. The molecule has 0 saturated carbocycles. The summed E-state index contributed by atoms with van der Waals surface area (Å²) in [6, 6.07) is 7.88. The fourth-order valence-corrected chi connectivity index (χ4v) is 4.96. The molecule has 1 saturated heterocycles. The van der Waals surface area contributed by atoms with Gasteiger partial charge in [-0.05, 0) is 43.7 Å². The second-order valence-corrected chi connectivity index (χ2v) is 9.18. The smallest absolute Gasteiger partial charge is 0.151 e. The van der Waals surface area contributed by atoms with Crippen molar-refractivity contribution >= 4 is 56.0 Å². The molecule has 0 unspecified atom stereocenters. The third kappa shape index (κ3) is 4.81. The van der Waals surface area contributed by atoms with Crippen molar-refractivity contribution in [2.75, 3.05) is 11.9 Å². The predicted molar refractivity (Wildman–Crippen MR) is 126 cm³/mol. The summed E-state index contributed by atoms with van der Waals surface area (Å²) >= 11 is 9.55. The van der Waals surface area contributed by atoms with Gasteiger partial charge in [0, 0.05) is 11.1 Å². The molecule has 0 aliphatic carbocycles. The second kappa shape index (κ2) is 9.20. The summed E-state index contributed by atoms with van der Waals surface area (Å²) in [5, 5.41) is 9.21. The molecule has 5 rings (SSSR count). The van der Waals surface area contributed by atoms with Crippen molar-refractivity contribution in [1.82, 2.24) is 20.3 Å². The first-order chi connectivity index (χ1) is 15.2. The van der Waals surface area contributed by atoms with Crippen molar-refractivity contribution in [3.8, 4) is 17.6 Å². The van der Waals surface area contributed by atoms with Gasteiger partial charge >= 0.3 is 0 Å². The third-order valence-corrected chi connectivity index (χ3v) is 6.77. The van der Waals surface area contributed by atoms with Crippen LogP contribution in [0, 0.1) is 11.8 Å². The fraction of sp³-hybridized carbons (Fsp3) is 0.227. The van der Waals surface area contributed by atoms with Gasteiger partial charge in [0.05, 0.1) is 37.4 Å². The van der Waals surface area contributed by atoms with Crippen LogP contribution in [0.15, 0.2) is 41.5 Å². The van der Waals surface area contributed by atoms with Crippen molar-refractivity contribution in [2.45, 2.75) is 25.5 Å². The topological polar surface area (TPSA) is 72.0 Å². The van der Waals surface area contributed by atoms with Gasteiger partial charge in [0.15, 0.2) is 5.82 Å². The Morgan fingerprint density at radius 1 is 1.26 bits per heavy atom. The lowest BCUT2D eigenvalue weighted by Crippen LogP contribution is -2.18. The van der Waals surface area contributed by atoms with E-state index >= 15 is 0 Å². The number of halogens is 1. The van der Waals surface area contributed by atoms with E-state index in [1.165, 1.54) is 17.8 Å².